The third-order valence-electron chi connectivity index (χ3n) is 4.49. The Morgan fingerprint density at radius 2 is 2.15 bits per heavy atom. The molecular weight excluding hydrogens is 252 g/mol. The second kappa shape index (κ2) is 5.94. The van der Waals surface area contributed by atoms with Crippen molar-refractivity contribution in [2.24, 2.45) is 0 Å². The number of hydrogen-bond acceptors (Lipinski definition) is 4. The molecular formula is C16H22N2O2. The number of methoxy groups -OCH3 is 1. The molecule has 2 aliphatic heterocycles. The van der Waals surface area contributed by atoms with Crippen molar-refractivity contribution in [2.75, 3.05) is 33.3 Å². The normalized spacial score (nSPS) is 23.6. The lowest BCUT2D eigenvalue weighted by Gasteiger charge is -2.37. The van der Waals surface area contributed by atoms with Gasteiger partial charge in [0.25, 0.3) is 0 Å². The van der Waals surface area contributed by atoms with Crippen molar-refractivity contribution in [2.45, 2.75) is 25.4 Å². The van der Waals surface area contributed by atoms with Crippen LogP contribution >= 0.6 is 0 Å². The third kappa shape index (κ3) is 2.72. The van der Waals surface area contributed by atoms with E-state index in [-0.39, 0.29) is 5.97 Å². The molecule has 1 aromatic carbocycles. The zero-order valence-electron chi connectivity index (χ0n) is 12.0. The fourth-order valence-corrected chi connectivity index (χ4v) is 3.41. The summed E-state index contributed by atoms with van der Waals surface area (Å²) in [4.78, 5) is 16.9. The highest BCUT2D eigenvalue weighted by atomic mass is 16.5. The van der Waals surface area contributed by atoms with Gasteiger partial charge in [-0.1, -0.05) is 18.2 Å². The molecule has 0 radical (unpaired) electrons. The predicted molar refractivity (Wildman–Crippen MR) is 77.7 cm³/mol. The molecule has 2 heterocycles. The molecule has 2 aliphatic rings. The van der Waals surface area contributed by atoms with Crippen molar-refractivity contribution < 1.29 is 9.53 Å². The number of rotatable bonds is 3. The molecule has 0 aliphatic carbocycles. The first-order valence-corrected chi connectivity index (χ1v) is 7.40. The van der Waals surface area contributed by atoms with Crippen LogP contribution in [-0.4, -0.2) is 55.1 Å². The first-order valence-electron chi connectivity index (χ1n) is 7.40. The minimum atomic E-state index is -0.236. The minimum absolute atomic E-state index is 0.236. The molecule has 3 rings (SSSR count). The topological polar surface area (TPSA) is 32.8 Å². The van der Waals surface area contributed by atoms with Gasteiger partial charge < -0.3 is 4.74 Å². The van der Waals surface area contributed by atoms with Gasteiger partial charge in [0, 0.05) is 32.2 Å². The van der Waals surface area contributed by atoms with E-state index in [0.717, 1.165) is 31.7 Å². The summed E-state index contributed by atoms with van der Waals surface area (Å²) < 4.78 is 4.87. The maximum absolute atomic E-state index is 11.8. The van der Waals surface area contributed by atoms with E-state index in [9.17, 15) is 4.79 Å². The van der Waals surface area contributed by atoms with Gasteiger partial charge in [-0.05, 0) is 31.0 Å². The fraction of sp³-hybridized carbons (Fsp3) is 0.562. The lowest BCUT2D eigenvalue weighted by Crippen LogP contribution is -2.49. The molecule has 0 N–H and O–H groups in total. The SMILES string of the molecule is COC(=O)c1ccccc1CN1CCN2CCCC2C1. The van der Waals surface area contributed by atoms with Crippen LogP contribution in [0.15, 0.2) is 24.3 Å². The lowest BCUT2D eigenvalue weighted by molar-refractivity contribution is 0.0595. The van der Waals surface area contributed by atoms with Gasteiger partial charge in [0.05, 0.1) is 12.7 Å². The molecule has 0 saturated carbocycles. The van der Waals surface area contributed by atoms with Crippen molar-refractivity contribution in [3.8, 4) is 0 Å². The summed E-state index contributed by atoms with van der Waals surface area (Å²) >= 11 is 0. The number of carbonyl (C=O) groups is 1. The van der Waals surface area contributed by atoms with E-state index in [2.05, 4.69) is 9.80 Å². The summed E-state index contributed by atoms with van der Waals surface area (Å²) in [5.74, 6) is -0.236. The Bertz CT molecular complexity index is 489. The van der Waals surface area contributed by atoms with Crippen molar-refractivity contribution in [3.05, 3.63) is 35.4 Å². The third-order valence-corrected chi connectivity index (χ3v) is 4.49. The Balaban J connectivity index is 1.70. The fourth-order valence-electron chi connectivity index (χ4n) is 3.41. The number of hydrogen-bond donors (Lipinski definition) is 0. The van der Waals surface area contributed by atoms with Gasteiger partial charge in [-0.25, -0.2) is 4.79 Å². The van der Waals surface area contributed by atoms with Crippen molar-refractivity contribution in [1.29, 1.82) is 0 Å². The van der Waals surface area contributed by atoms with Crippen molar-refractivity contribution in [3.63, 3.8) is 0 Å². The Morgan fingerprint density at radius 3 is 3.00 bits per heavy atom. The average Bonchev–Trinajstić information content (AvgIpc) is 2.94. The smallest absolute Gasteiger partial charge is 0.338 e. The Labute approximate surface area is 120 Å². The molecule has 1 unspecified atom stereocenters. The number of esters is 1. The van der Waals surface area contributed by atoms with E-state index < -0.39 is 0 Å². The summed E-state index contributed by atoms with van der Waals surface area (Å²) in [6, 6.07) is 8.49. The van der Waals surface area contributed by atoms with Crippen LogP contribution in [0, 0.1) is 0 Å². The monoisotopic (exact) mass is 274 g/mol. The van der Waals surface area contributed by atoms with E-state index in [1.165, 1.54) is 26.5 Å². The van der Waals surface area contributed by atoms with Gasteiger partial charge in [-0.15, -0.1) is 0 Å². The number of carbonyl (C=O) groups excluding carboxylic acids is 1. The lowest BCUT2D eigenvalue weighted by atomic mass is 10.1. The molecule has 0 spiro atoms. The minimum Gasteiger partial charge on any atom is -0.465 e. The summed E-state index contributed by atoms with van der Waals surface area (Å²) in [5.41, 5.74) is 1.77. The number of piperazine rings is 1. The molecule has 4 heteroatoms. The van der Waals surface area contributed by atoms with Gasteiger partial charge in [0.1, 0.15) is 0 Å². The van der Waals surface area contributed by atoms with Gasteiger partial charge in [0.2, 0.25) is 0 Å². The van der Waals surface area contributed by atoms with E-state index in [0.29, 0.717) is 11.6 Å². The van der Waals surface area contributed by atoms with E-state index >= 15 is 0 Å². The van der Waals surface area contributed by atoms with Crippen LogP contribution in [0.25, 0.3) is 0 Å². The van der Waals surface area contributed by atoms with Crippen LogP contribution in [0.3, 0.4) is 0 Å². The second-order valence-electron chi connectivity index (χ2n) is 5.72. The molecule has 2 saturated heterocycles. The van der Waals surface area contributed by atoms with Gasteiger partial charge in [-0.2, -0.15) is 0 Å². The molecule has 1 aromatic rings. The zero-order valence-corrected chi connectivity index (χ0v) is 12.0. The van der Waals surface area contributed by atoms with Crippen LogP contribution in [0.5, 0.6) is 0 Å². The summed E-state index contributed by atoms with van der Waals surface area (Å²) in [5, 5.41) is 0. The summed E-state index contributed by atoms with van der Waals surface area (Å²) in [6.07, 6.45) is 2.65. The number of benzene rings is 1. The highest BCUT2D eigenvalue weighted by Gasteiger charge is 2.30. The Hall–Kier alpha value is -1.39. The molecule has 0 aromatic heterocycles. The van der Waals surface area contributed by atoms with Crippen molar-refractivity contribution in [1.82, 2.24) is 9.80 Å². The zero-order chi connectivity index (χ0) is 13.9. The highest BCUT2D eigenvalue weighted by molar-refractivity contribution is 5.90. The number of ether oxygens (including phenoxy) is 1. The molecule has 0 bridgehead atoms. The largest absolute Gasteiger partial charge is 0.465 e. The van der Waals surface area contributed by atoms with Gasteiger partial charge >= 0.3 is 5.97 Å². The van der Waals surface area contributed by atoms with Crippen LogP contribution in [0.2, 0.25) is 0 Å². The van der Waals surface area contributed by atoms with Gasteiger partial charge in [-0.3, -0.25) is 9.80 Å². The van der Waals surface area contributed by atoms with Crippen molar-refractivity contribution >= 4 is 5.97 Å². The maximum atomic E-state index is 11.8. The maximum Gasteiger partial charge on any atom is 0.338 e. The van der Waals surface area contributed by atoms with Crippen LogP contribution in [0.4, 0.5) is 0 Å². The first-order chi connectivity index (χ1) is 9.78. The quantitative estimate of drug-likeness (QED) is 0.786. The standard InChI is InChI=1S/C16H22N2O2/c1-20-16(19)15-7-3-2-5-13(15)11-17-9-10-18-8-4-6-14(18)12-17/h2-3,5,7,14H,4,6,8-12H2,1H3. The number of nitrogens with zero attached hydrogens (tertiary/aromatic N) is 2. The second-order valence-corrected chi connectivity index (χ2v) is 5.72. The van der Waals surface area contributed by atoms with E-state index in [1.807, 2.05) is 24.3 Å². The summed E-state index contributed by atoms with van der Waals surface area (Å²) in [7, 11) is 1.44. The van der Waals surface area contributed by atoms with E-state index in [4.69, 9.17) is 4.74 Å². The van der Waals surface area contributed by atoms with Crippen LogP contribution < -0.4 is 0 Å². The first kappa shape index (κ1) is 13.6. The van der Waals surface area contributed by atoms with Gasteiger partial charge in [0.15, 0.2) is 0 Å². The highest BCUT2D eigenvalue weighted by Crippen LogP contribution is 2.23. The predicted octanol–water partition coefficient (Wildman–Crippen LogP) is 1.75. The Kier molecular flexibility index (Phi) is 4.03. The van der Waals surface area contributed by atoms with E-state index in [1.54, 1.807) is 0 Å². The Morgan fingerprint density at radius 1 is 1.30 bits per heavy atom. The molecule has 1 atom stereocenters. The number of fused-ring (bicyclic) bond motifs is 1. The molecule has 4 nitrogen and oxygen atoms in total. The molecule has 20 heavy (non-hydrogen) atoms. The van der Waals surface area contributed by atoms with Crippen LogP contribution in [0.1, 0.15) is 28.8 Å². The van der Waals surface area contributed by atoms with Crippen LogP contribution in [-0.2, 0) is 11.3 Å². The molecule has 2 fully saturated rings. The molecule has 0 amide bonds. The average molecular weight is 274 g/mol. The summed E-state index contributed by atoms with van der Waals surface area (Å²) in [6.45, 7) is 5.47. The molecule has 108 valence electrons.